The summed E-state index contributed by atoms with van der Waals surface area (Å²) in [4.78, 5) is 24.2. The molecule has 0 aliphatic carbocycles. The number of hydrogen-bond acceptors (Lipinski definition) is 6. The van der Waals surface area contributed by atoms with Gasteiger partial charge in [-0.1, -0.05) is 19.6 Å². The van der Waals surface area contributed by atoms with Crippen molar-refractivity contribution in [2.45, 2.75) is 58.1 Å². The van der Waals surface area contributed by atoms with Crippen molar-refractivity contribution in [1.82, 2.24) is 5.32 Å². The topological polar surface area (TPSA) is 122 Å². The van der Waals surface area contributed by atoms with E-state index in [1.807, 2.05) is 6.92 Å². The van der Waals surface area contributed by atoms with Crippen LogP contribution in [0.1, 0.15) is 45.1 Å². The number of ether oxygens (including phenoxy) is 1. The third-order valence-electron chi connectivity index (χ3n) is 4.42. The number of benzene rings is 1. The van der Waals surface area contributed by atoms with Crippen LogP contribution in [0.25, 0.3) is 0 Å². The summed E-state index contributed by atoms with van der Waals surface area (Å²) in [6, 6.07) is 4.36. The molecule has 0 bridgehead atoms. The van der Waals surface area contributed by atoms with Crippen LogP contribution in [0.15, 0.2) is 30.4 Å². The molecule has 0 spiro atoms. The Morgan fingerprint density at radius 3 is 2.68 bits per heavy atom. The van der Waals surface area contributed by atoms with Gasteiger partial charge in [0.15, 0.2) is 17.3 Å². The third-order valence-corrected chi connectivity index (χ3v) is 4.42. The predicted molar refractivity (Wildman–Crippen MR) is 108 cm³/mol. The van der Waals surface area contributed by atoms with Crippen LogP contribution in [0.2, 0.25) is 0 Å². The van der Waals surface area contributed by atoms with Gasteiger partial charge >= 0.3 is 0 Å². The van der Waals surface area contributed by atoms with Crippen molar-refractivity contribution < 1.29 is 24.5 Å². The number of aliphatic hydroxyl groups excluding tert-OH is 1. The highest BCUT2D eigenvalue weighted by Crippen LogP contribution is 2.27. The molecule has 7 heteroatoms. The molecular weight excluding hydrogens is 360 g/mol. The number of phenols is 1. The second-order valence-electron chi connectivity index (χ2n) is 6.84. The zero-order valence-electron chi connectivity index (χ0n) is 16.7. The molecule has 156 valence electrons. The first kappa shape index (κ1) is 23.7. The monoisotopic (exact) mass is 392 g/mol. The first-order chi connectivity index (χ1) is 13.3. The highest BCUT2D eigenvalue weighted by atomic mass is 16.5. The number of aromatic hydroxyl groups is 1. The number of hydrogen-bond donors (Lipinski definition) is 4. The average molecular weight is 392 g/mol. The number of aliphatic hydroxyl groups is 1. The molecule has 0 aromatic heterocycles. The van der Waals surface area contributed by atoms with Crippen molar-refractivity contribution >= 4 is 11.7 Å². The van der Waals surface area contributed by atoms with Gasteiger partial charge in [0.1, 0.15) is 0 Å². The molecular formula is C21H32N2O5. The Labute approximate surface area is 166 Å². The van der Waals surface area contributed by atoms with Crippen LogP contribution in [0.5, 0.6) is 11.5 Å². The Hall–Kier alpha value is -2.38. The Bertz CT molecular complexity index is 675. The number of amides is 1. The van der Waals surface area contributed by atoms with E-state index in [1.54, 1.807) is 18.2 Å². The van der Waals surface area contributed by atoms with Crippen molar-refractivity contribution in [2.75, 3.05) is 13.2 Å². The molecule has 1 amide bonds. The van der Waals surface area contributed by atoms with Crippen molar-refractivity contribution in [2.24, 2.45) is 5.73 Å². The van der Waals surface area contributed by atoms with Crippen molar-refractivity contribution in [1.29, 1.82) is 0 Å². The molecule has 0 aliphatic heterocycles. The lowest BCUT2D eigenvalue weighted by Crippen LogP contribution is -2.41. The number of phenolic OH excluding ortho intramolecular Hbond substituents is 1. The van der Waals surface area contributed by atoms with Gasteiger partial charge in [0.25, 0.3) is 0 Å². The number of carbonyl (C=O) groups excluding carboxylic acids is 2. The maximum absolute atomic E-state index is 12.2. The second-order valence-corrected chi connectivity index (χ2v) is 6.84. The van der Waals surface area contributed by atoms with Crippen molar-refractivity contribution in [3.8, 4) is 11.5 Å². The summed E-state index contributed by atoms with van der Waals surface area (Å²) in [7, 11) is 0. The van der Waals surface area contributed by atoms with E-state index >= 15 is 0 Å². The zero-order valence-corrected chi connectivity index (χ0v) is 16.7. The lowest BCUT2D eigenvalue weighted by atomic mass is 10.0. The summed E-state index contributed by atoms with van der Waals surface area (Å²) in [6.07, 6.45) is 1.68. The molecule has 0 unspecified atom stereocenters. The summed E-state index contributed by atoms with van der Waals surface area (Å²) in [5.41, 5.74) is 6.56. The van der Waals surface area contributed by atoms with Gasteiger partial charge in [0.05, 0.1) is 18.8 Å². The Kier molecular flexibility index (Phi) is 10.3. The molecule has 1 rings (SSSR count). The Morgan fingerprint density at radius 1 is 1.36 bits per heavy atom. The van der Waals surface area contributed by atoms with E-state index in [9.17, 15) is 19.8 Å². The minimum absolute atomic E-state index is 0.0444. The summed E-state index contributed by atoms with van der Waals surface area (Å²) in [5, 5.41) is 22.2. The van der Waals surface area contributed by atoms with Crippen molar-refractivity contribution in [3.63, 3.8) is 0 Å². The van der Waals surface area contributed by atoms with Gasteiger partial charge in [-0.15, -0.1) is 0 Å². The van der Waals surface area contributed by atoms with Crippen LogP contribution in [-0.4, -0.2) is 47.2 Å². The van der Waals surface area contributed by atoms with Gasteiger partial charge in [-0.2, -0.15) is 0 Å². The number of aryl methyl sites for hydroxylation is 1. The first-order valence-corrected chi connectivity index (χ1v) is 9.60. The Balaban J connectivity index is 2.68. The molecule has 1 aromatic rings. The molecule has 0 fully saturated rings. The minimum atomic E-state index is -0.654. The molecule has 2 atom stereocenters. The van der Waals surface area contributed by atoms with Gasteiger partial charge in [-0.05, 0) is 56.8 Å². The molecule has 7 nitrogen and oxygen atoms in total. The molecule has 0 heterocycles. The number of nitrogens with one attached hydrogen (secondary N) is 1. The van der Waals surface area contributed by atoms with Crippen LogP contribution in [0, 0.1) is 0 Å². The SMILES string of the molecule is C=C(C[C@@H](O)CC)C(=O)N[C@@H](CCc1ccc(O)c(OCCCN)c1)C(C)=O. The second kappa shape index (κ2) is 12.2. The lowest BCUT2D eigenvalue weighted by molar-refractivity contribution is -0.125. The van der Waals surface area contributed by atoms with Gasteiger partial charge in [-0.25, -0.2) is 0 Å². The number of nitrogens with two attached hydrogens (primary N) is 1. The van der Waals surface area contributed by atoms with Crippen LogP contribution in [0.4, 0.5) is 0 Å². The normalized spacial score (nSPS) is 12.9. The molecule has 28 heavy (non-hydrogen) atoms. The summed E-state index contributed by atoms with van der Waals surface area (Å²) in [6.45, 7) is 7.85. The van der Waals surface area contributed by atoms with E-state index in [0.29, 0.717) is 44.6 Å². The fourth-order valence-electron chi connectivity index (χ4n) is 2.56. The van der Waals surface area contributed by atoms with E-state index in [-0.39, 0.29) is 23.5 Å². The van der Waals surface area contributed by atoms with Crippen LogP contribution < -0.4 is 15.8 Å². The van der Waals surface area contributed by atoms with Crippen LogP contribution >= 0.6 is 0 Å². The largest absolute Gasteiger partial charge is 0.504 e. The number of carbonyl (C=O) groups is 2. The maximum Gasteiger partial charge on any atom is 0.247 e. The highest BCUT2D eigenvalue weighted by molar-refractivity contribution is 5.96. The Morgan fingerprint density at radius 2 is 2.07 bits per heavy atom. The lowest BCUT2D eigenvalue weighted by Gasteiger charge is -2.18. The summed E-state index contributed by atoms with van der Waals surface area (Å²) in [5.74, 6) is -0.168. The zero-order chi connectivity index (χ0) is 21.1. The van der Waals surface area contributed by atoms with Crippen molar-refractivity contribution in [3.05, 3.63) is 35.9 Å². The van der Waals surface area contributed by atoms with E-state index in [1.165, 1.54) is 6.92 Å². The quantitative estimate of drug-likeness (QED) is 0.300. The molecule has 0 saturated carbocycles. The number of ketones is 1. The standard InChI is InChI=1S/C21H32N2O5/c1-4-17(25)12-14(2)21(27)23-18(15(3)24)8-6-16-7-9-19(26)20(13-16)28-11-5-10-22/h7,9,13,17-18,25-26H,2,4-6,8,10-12,22H2,1,3H3,(H,23,27)/t17-,18-/m0/s1. The molecule has 0 aliphatic rings. The molecule has 0 saturated heterocycles. The van der Waals surface area contributed by atoms with Gasteiger partial charge < -0.3 is 26.0 Å². The van der Waals surface area contributed by atoms with Crippen LogP contribution in [0.3, 0.4) is 0 Å². The highest BCUT2D eigenvalue weighted by Gasteiger charge is 2.20. The summed E-state index contributed by atoms with van der Waals surface area (Å²) >= 11 is 0. The number of Topliss-reactive ketones (excluding diaryl/α,β-unsaturated/α-hetero) is 1. The fraction of sp³-hybridized carbons (Fsp3) is 0.524. The van der Waals surface area contributed by atoms with E-state index in [4.69, 9.17) is 10.5 Å². The molecule has 1 aromatic carbocycles. The maximum atomic E-state index is 12.2. The van der Waals surface area contributed by atoms with E-state index < -0.39 is 18.1 Å². The first-order valence-electron chi connectivity index (χ1n) is 9.60. The smallest absolute Gasteiger partial charge is 0.247 e. The third kappa shape index (κ3) is 8.10. The average Bonchev–Trinajstić information content (AvgIpc) is 2.66. The van der Waals surface area contributed by atoms with Gasteiger partial charge in [-0.3, -0.25) is 9.59 Å². The van der Waals surface area contributed by atoms with E-state index in [0.717, 1.165) is 5.56 Å². The van der Waals surface area contributed by atoms with Gasteiger partial charge in [0.2, 0.25) is 5.91 Å². The molecule has 5 N–H and O–H groups in total. The molecule has 0 radical (unpaired) electrons. The van der Waals surface area contributed by atoms with Gasteiger partial charge in [0, 0.05) is 12.0 Å². The van der Waals surface area contributed by atoms with Crippen LogP contribution in [-0.2, 0) is 16.0 Å². The number of rotatable bonds is 13. The minimum Gasteiger partial charge on any atom is -0.504 e. The summed E-state index contributed by atoms with van der Waals surface area (Å²) < 4.78 is 5.51. The van der Waals surface area contributed by atoms with E-state index in [2.05, 4.69) is 11.9 Å². The predicted octanol–water partition coefficient (Wildman–Crippen LogP) is 1.84. The fourth-order valence-corrected chi connectivity index (χ4v) is 2.56.